The van der Waals surface area contributed by atoms with Gasteiger partial charge in [0.25, 0.3) is 5.91 Å². The highest BCUT2D eigenvalue weighted by atomic mass is 16.5. The van der Waals surface area contributed by atoms with E-state index in [1.807, 2.05) is 6.92 Å². The van der Waals surface area contributed by atoms with E-state index in [9.17, 15) is 9.59 Å². The summed E-state index contributed by atoms with van der Waals surface area (Å²) in [4.78, 5) is 27.0. The summed E-state index contributed by atoms with van der Waals surface area (Å²) in [6.45, 7) is 6.33. The quantitative estimate of drug-likeness (QED) is 0.373. The summed E-state index contributed by atoms with van der Waals surface area (Å²) in [6, 6.07) is 2.22. The Kier molecular flexibility index (Phi) is 9.23. The molecule has 5 heteroatoms. The van der Waals surface area contributed by atoms with Crippen LogP contribution in [-0.2, 0) is 27.2 Å². The number of rotatable bonds is 12. The van der Waals surface area contributed by atoms with Gasteiger partial charge in [0.2, 0.25) is 0 Å². The number of carbonyl (C=O) groups is 2. The minimum atomic E-state index is -0.131. The van der Waals surface area contributed by atoms with Crippen LogP contribution in [0, 0.1) is 0 Å². The third kappa shape index (κ3) is 6.34. The molecule has 29 heavy (non-hydrogen) atoms. The Labute approximate surface area is 175 Å². The SMILES string of the molecule is CCCCc1[nH]c(/C=C2\NC(=O)C(CC)=C2CC)cc1CCCCCC(=O)OC. The molecule has 1 aromatic rings. The van der Waals surface area contributed by atoms with Gasteiger partial charge in [-0.15, -0.1) is 0 Å². The van der Waals surface area contributed by atoms with Crippen LogP contribution in [0.25, 0.3) is 6.08 Å². The largest absolute Gasteiger partial charge is 0.469 e. The van der Waals surface area contributed by atoms with Gasteiger partial charge in [-0.1, -0.05) is 33.6 Å². The first kappa shape index (κ1) is 23.0. The lowest BCUT2D eigenvalue weighted by molar-refractivity contribution is -0.140. The predicted molar refractivity (Wildman–Crippen MR) is 117 cm³/mol. The molecule has 1 amide bonds. The van der Waals surface area contributed by atoms with E-state index in [0.717, 1.165) is 80.3 Å². The second-order valence-corrected chi connectivity index (χ2v) is 7.65. The standard InChI is InChI=1S/C24H36N2O3/c1-5-8-13-21-17(12-10-9-11-14-23(27)29-4)15-18(25-21)16-22-19(6-2)20(7-3)24(28)26-22/h15-16,25H,5-14H2,1-4H3,(H,26,28)/b22-16-. The highest BCUT2D eigenvalue weighted by Gasteiger charge is 2.24. The number of methoxy groups -OCH3 is 1. The van der Waals surface area contributed by atoms with Crippen LogP contribution in [0.1, 0.15) is 89.1 Å². The number of hydrogen-bond acceptors (Lipinski definition) is 3. The van der Waals surface area contributed by atoms with Crippen LogP contribution in [-0.4, -0.2) is 24.0 Å². The van der Waals surface area contributed by atoms with Crippen molar-refractivity contribution in [2.45, 2.75) is 85.0 Å². The van der Waals surface area contributed by atoms with Crippen LogP contribution in [0.5, 0.6) is 0 Å². The van der Waals surface area contributed by atoms with E-state index in [4.69, 9.17) is 4.74 Å². The number of H-pyrrole nitrogens is 1. The third-order valence-corrected chi connectivity index (χ3v) is 5.57. The van der Waals surface area contributed by atoms with Crippen molar-refractivity contribution < 1.29 is 14.3 Å². The van der Waals surface area contributed by atoms with Crippen molar-refractivity contribution in [3.05, 3.63) is 39.9 Å². The zero-order chi connectivity index (χ0) is 21.2. The molecule has 0 unspecified atom stereocenters. The molecule has 160 valence electrons. The summed E-state index contributed by atoms with van der Waals surface area (Å²) < 4.78 is 4.70. The maximum absolute atomic E-state index is 12.2. The van der Waals surface area contributed by atoms with E-state index in [0.29, 0.717) is 6.42 Å². The van der Waals surface area contributed by atoms with E-state index in [1.165, 1.54) is 18.4 Å². The van der Waals surface area contributed by atoms with Gasteiger partial charge in [-0.3, -0.25) is 9.59 Å². The van der Waals surface area contributed by atoms with Crippen LogP contribution >= 0.6 is 0 Å². The van der Waals surface area contributed by atoms with Crippen LogP contribution in [0.3, 0.4) is 0 Å². The number of amides is 1. The summed E-state index contributed by atoms with van der Waals surface area (Å²) in [7, 11) is 1.44. The van der Waals surface area contributed by atoms with Gasteiger partial charge >= 0.3 is 5.97 Å². The van der Waals surface area contributed by atoms with E-state index in [2.05, 4.69) is 36.3 Å². The molecule has 0 bridgehead atoms. The van der Waals surface area contributed by atoms with Crippen molar-refractivity contribution >= 4 is 18.0 Å². The molecule has 2 heterocycles. The Balaban J connectivity index is 2.10. The fourth-order valence-electron chi connectivity index (χ4n) is 3.94. The Morgan fingerprint density at radius 2 is 1.79 bits per heavy atom. The van der Waals surface area contributed by atoms with Gasteiger partial charge in [0.05, 0.1) is 7.11 Å². The minimum absolute atomic E-state index is 0.0409. The molecule has 0 saturated heterocycles. The van der Waals surface area contributed by atoms with E-state index in [1.54, 1.807) is 0 Å². The van der Waals surface area contributed by atoms with E-state index in [-0.39, 0.29) is 11.9 Å². The van der Waals surface area contributed by atoms with Crippen LogP contribution in [0.2, 0.25) is 0 Å². The smallest absolute Gasteiger partial charge is 0.305 e. The number of aromatic nitrogens is 1. The summed E-state index contributed by atoms with van der Waals surface area (Å²) in [6.07, 6.45) is 11.5. The van der Waals surface area contributed by atoms with E-state index >= 15 is 0 Å². The molecule has 0 radical (unpaired) electrons. The maximum atomic E-state index is 12.2. The van der Waals surface area contributed by atoms with Gasteiger partial charge in [-0.25, -0.2) is 0 Å². The monoisotopic (exact) mass is 400 g/mol. The van der Waals surface area contributed by atoms with Crippen molar-refractivity contribution in [2.75, 3.05) is 7.11 Å². The van der Waals surface area contributed by atoms with Crippen molar-refractivity contribution in [2.24, 2.45) is 0 Å². The first-order valence-corrected chi connectivity index (χ1v) is 11.1. The number of unbranched alkanes of at least 4 members (excludes halogenated alkanes) is 3. The number of aromatic amines is 1. The minimum Gasteiger partial charge on any atom is -0.469 e. The van der Waals surface area contributed by atoms with Crippen molar-refractivity contribution in [3.63, 3.8) is 0 Å². The Bertz CT molecular complexity index is 771. The molecule has 1 aromatic heterocycles. The van der Waals surface area contributed by atoms with Crippen LogP contribution in [0.4, 0.5) is 0 Å². The molecular formula is C24H36N2O3. The summed E-state index contributed by atoms with van der Waals surface area (Å²) in [5.74, 6) is -0.0896. The summed E-state index contributed by atoms with van der Waals surface area (Å²) in [5, 5.41) is 3.04. The Hall–Kier alpha value is -2.30. The van der Waals surface area contributed by atoms with Gasteiger partial charge in [0, 0.05) is 29.1 Å². The lowest BCUT2D eigenvalue weighted by atomic mass is 10.0. The number of allylic oxidation sites excluding steroid dienone is 1. The molecule has 0 saturated carbocycles. The van der Waals surface area contributed by atoms with Gasteiger partial charge in [-0.2, -0.15) is 0 Å². The molecular weight excluding hydrogens is 364 g/mol. The lowest BCUT2D eigenvalue weighted by Crippen LogP contribution is -2.16. The second-order valence-electron chi connectivity index (χ2n) is 7.65. The normalized spacial score (nSPS) is 15.3. The van der Waals surface area contributed by atoms with Gasteiger partial charge in [0.1, 0.15) is 0 Å². The highest BCUT2D eigenvalue weighted by Crippen LogP contribution is 2.28. The second kappa shape index (κ2) is 11.6. The third-order valence-electron chi connectivity index (χ3n) is 5.57. The Morgan fingerprint density at radius 1 is 1.03 bits per heavy atom. The molecule has 2 rings (SSSR count). The number of aryl methyl sites for hydroxylation is 2. The zero-order valence-corrected chi connectivity index (χ0v) is 18.5. The molecule has 0 fully saturated rings. The van der Waals surface area contributed by atoms with Crippen LogP contribution in [0.15, 0.2) is 22.9 Å². The zero-order valence-electron chi connectivity index (χ0n) is 18.5. The number of hydrogen-bond donors (Lipinski definition) is 2. The number of esters is 1. The molecule has 0 aliphatic carbocycles. The fraction of sp³-hybridized carbons (Fsp3) is 0.583. The maximum Gasteiger partial charge on any atom is 0.305 e. The first-order valence-electron chi connectivity index (χ1n) is 11.1. The van der Waals surface area contributed by atoms with Gasteiger partial charge in [-0.05, 0) is 68.2 Å². The van der Waals surface area contributed by atoms with Gasteiger partial charge < -0.3 is 15.0 Å². The van der Waals surface area contributed by atoms with Crippen molar-refractivity contribution in [1.82, 2.24) is 10.3 Å². The molecule has 0 atom stereocenters. The number of nitrogens with one attached hydrogen (secondary N) is 2. The molecule has 1 aliphatic heterocycles. The van der Waals surface area contributed by atoms with Gasteiger partial charge in [0.15, 0.2) is 0 Å². The number of carbonyl (C=O) groups excluding carboxylic acids is 2. The fourth-order valence-corrected chi connectivity index (χ4v) is 3.94. The molecule has 0 aromatic carbocycles. The number of ether oxygens (including phenoxy) is 1. The summed E-state index contributed by atoms with van der Waals surface area (Å²) >= 11 is 0. The average molecular weight is 401 g/mol. The van der Waals surface area contributed by atoms with Crippen molar-refractivity contribution in [3.8, 4) is 0 Å². The predicted octanol–water partition coefficient (Wildman–Crippen LogP) is 5.22. The lowest BCUT2D eigenvalue weighted by Gasteiger charge is -2.04. The van der Waals surface area contributed by atoms with E-state index < -0.39 is 0 Å². The molecule has 5 nitrogen and oxygen atoms in total. The Morgan fingerprint density at radius 3 is 2.45 bits per heavy atom. The molecule has 2 N–H and O–H groups in total. The topological polar surface area (TPSA) is 71.2 Å². The van der Waals surface area contributed by atoms with Crippen LogP contribution < -0.4 is 5.32 Å². The first-order chi connectivity index (χ1) is 14.0. The highest BCUT2D eigenvalue weighted by molar-refractivity contribution is 6.01. The molecule has 0 spiro atoms. The van der Waals surface area contributed by atoms with Crippen molar-refractivity contribution in [1.29, 1.82) is 0 Å². The average Bonchev–Trinajstić information content (AvgIpc) is 3.24. The summed E-state index contributed by atoms with van der Waals surface area (Å²) in [5.41, 5.74) is 6.68. The molecule has 1 aliphatic rings.